The molecule has 0 aliphatic heterocycles. The van der Waals surface area contributed by atoms with E-state index in [-0.39, 0.29) is 34.8 Å². The van der Waals surface area contributed by atoms with Crippen molar-refractivity contribution >= 4 is 29.1 Å². The summed E-state index contributed by atoms with van der Waals surface area (Å²) in [7, 11) is 0. The Hall–Kier alpha value is -1.73. The summed E-state index contributed by atoms with van der Waals surface area (Å²) < 4.78 is 85.9. The standard InChI is InChI=1S/C20H22Cl2F3N3O/c1-11-18(22)12(2)28(27-11)10-13-3-6-15(7-4-13)26-19(29)16-9-14(20(23,24)25)5-8-17(16)21/h5,8-9,13,15H,3-4,6-7,10H2,1-2H3,(H,26,29)/t13-,15-/i1D3,2D3. The number of alkyl halides is 3. The number of nitrogens with zero attached hydrogens (tertiary/aromatic N) is 2. The Morgan fingerprint density at radius 1 is 1.28 bits per heavy atom. The maximum absolute atomic E-state index is 13.0. The van der Waals surface area contributed by atoms with E-state index in [1.54, 1.807) is 0 Å². The quantitative estimate of drug-likeness (QED) is 0.634. The van der Waals surface area contributed by atoms with Crippen LogP contribution in [-0.4, -0.2) is 21.7 Å². The number of hydrogen-bond acceptors (Lipinski definition) is 2. The number of hydrogen-bond donors (Lipinski definition) is 1. The molecule has 3 rings (SSSR count). The Labute approximate surface area is 185 Å². The van der Waals surface area contributed by atoms with Crippen molar-refractivity contribution < 1.29 is 26.2 Å². The summed E-state index contributed by atoms with van der Waals surface area (Å²) in [5.74, 6) is -0.780. The van der Waals surface area contributed by atoms with Crippen molar-refractivity contribution in [2.24, 2.45) is 5.92 Å². The van der Waals surface area contributed by atoms with Crippen LogP contribution >= 0.6 is 23.2 Å². The third kappa shape index (κ3) is 5.07. The molecule has 0 bridgehead atoms. The molecule has 1 amide bonds. The molecule has 1 aromatic carbocycles. The maximum atomic E-state index is 13.0. The second kappa shape index (κ2) is 8.56. The first-order valence-electron chi connectivity index (χ1n) is 11.9. The summed E-state index contributed by atoms with van der Waals surface area (Å²) in [6.45, 7) is -5.21. The second-order valence-electron chi connectivity index (χ2n) is 7.08. The molecule has 1 aliphatic rings. The minimum absolute atomic E-state index is 0.0678. The molecule has 0 unspecified atom stereocenters. The van der Waals surface area contributed by atoms with Crippen LogP contribution in [0.3, 0.4) is 0 Å². The molecule has 1 aliphatic carbocycles. The number of halogens is 5. The van der Waals surface area contributed by atoms with Gasteiger partial charge in [0.2, 0.25) is 0 Å². The van der Waals surface area contributed by atoms with Gasteiger partial charge in [-0.25, -0.2) is 0 Å². The van der Waals surface area contributed by atoms with Crippen molar-refractivity contribution in [3.8, 4) is 0 Å². The minimum atomic E-state index is -4.61. The highest BCUT2D eigenvalue weighted by Crippen LogP contribution is 2.32. The van der Waals surface area contributed by atoms with Crippen LogP contribution in [0.1, 0.15) is 61.2 Å². The van der Waals surface area contributed by atoms with E-state index in [0.29, 0.717) is 31.7 Å². The zero-order chi connectivity index (χ0) is 26.3. The first-order chi connectivity index (χ1) is 16.0. The molecule has 1 saturated carbocycles. The van der Waals surface area contributed by atoms with Gasteiger partial charge in [-0.15, -0.1) is 0 Å². The minimum Gasteiger partial charge on any atom is -0.349 e. The molecule has 1 aromatic heterocycles. The zero-order valence-electron chi connectivity index (χ0n) is 21.1. The summed E-state index contributed by atoms with van der Waals surface area (Å²) in [5.41, 5.74) is -2.05. The smallest absolute Gasteiger partial charge is 0.349 e. The lowest BCUT2D eigenvalue weighted by atomic mass is 9.86. The SMILES string of the molecule is [2H]C([2H])([2H])c1nn(C[C@H]2CC[C@H](NC(=O)c3cc(C(F)(F)F)ccc3Cl)CC2)c(C([2H])([2H])[2H])c1Cl. The van der Waals surface area contributed by atoms with Gasteiger partial charge in [0.05, 0.1) is 32.6 Å². The Morgan fingerprint density at radius 3 is 2.62 bits per heavy atom. The second-order valence-corrected chi connectivity index (χ2v) is 7.86. The van der Waals surface area contributed by atoms with E-state index in [4.69, 9.17) is 31.4 Å². The molecule has 1 fully saturated rings. The van der Waals surface area contributed by atoms with Crippen molar-refractivity contribution in [3.63, 3.8) is 0 Å². The van der Waals surface area contributed by atoms with Crippen LogP contribution < -0.4 is 5.32 Å². The van der Waals surface area contributed by atoms with Crippen LogP contribution in [0.15, 0.2) is 18.2 Å². The van der Waals surface area contributed by atoms with E-state index in [9.17, 15) is 18.0 Å². The molecule has 9 heteroatoms. The lowest BCUT2D eigenvalue weighted by Gasteiger charge is -2.29. The van der Waals surface area contributed by atoms with Crippen LogP contribution in [0.4, 0.5) is 13.2 Å². The van der Waals surface area contributed by atoms with Gasteiger partial charge in [-0.2, -0.15) is 18.3 Å². The number of amides is 1. The average Bonchev–Trinajstić information content (AvgIpc) is 3.05. The van der Waals surface area contributed by atoms with E-state index < -0.39 is 42.1 Å². The Morgan fingerprint density at radius 2 is 2.00 bits per heavy atom. The van der Waals surface area contributed by atoms with Gasteiger partial charge in [0.15, 0.2) is 0 Å². The van der Waals surface area contributed by atoms with Crippen molar-refractivity contribution in [1.82, 2.24) is 15.1 Å². The zero-order valence-corrected chi connectivity index (χ0v) is 16.6. The topological polar surface area (TPSA) is 46.9 Å². The fourth-order valence-corrected chi connectivity index (χ4v) is 3.78. The molecule has 0 saturated heterocycles. The van der Waals surface area contributed by atoms with Gasteiger partial charge in [0.25, 0.3) is 5.91 Å². The molecular formula is C20H22Cl2F3N3O. The van der Waals surface area contributed by atoms with E-state index >= 15 is 0 Å². The fourth-order valence-electron chi connectivity index (χ4n) is 3.44. The Balaban J connectivity index is 1.67. The maximum Gasteiger partial charge on any atom is 0.416 e. The molecule has 1 heterocycles. The number of aryl methyl sites for hydroxylation is 1. The monoisotopic (exact) mass is 453 g/mol. The number of carbonyl (C=O) groups excluding carboxylic acids is 1. The number of nitrogens with one attached hydrogen (secondary N) is 1. The van der Waals surface area contributed by atoms with Crippen molar-refractivity contribution in [2.75, 3.05) is 0 Å². The van der Waals surface area contributed by atoms with Crippen LogP contribution in [0.2, 0.25) is 10.0 Å². The predicted octanol–water partition coefficient (Wildman–Crippen LogP) is 5.81. The van der Waals surface area contributed by atoms with Gasteiger partial charge in [-0.1, -0.05) is 23.2 Å². The third-order valence-corrected chi connectivity index (χ3v) is 5.73. The van der Waals surface area contributed by atoms with Gasteiger partial charge in [0.1, 0.15) is 0 Å². The van der Waals surface area contributed by atoms with Crippen molar-refractivity contribution in [1.29, 1.82) is 0 Å². The molecule has 29 heavy (non-hydrogen) atoms. The van der Waals surface area contributed by atoms with Crippen LogP contribution in [0.5, 0.6) is 0 Å². The lowest BCUT2D eigenvalue weighted by molar-refractivity contribution is -0.137. The van der Waals surface area contributed by atoms with Gasteiger partial charge < -0.3 is 5.32 Å². The summed E-state index contributed by atoms with van der Waals surface area (Å²) in [5, 5.41) is 6.19. The summed E-state index contributed by atoms with van der Waals surface area (Å²) in [4.78, 5) is 12.6. The highest BCUT2D eigenvalue weighted by molar-refractivity contribution is 6.33. The Bertz CT molecular complexity index is 1090. The number of benzene rings is 1. The summed E-state index contributed by atoms with van der Waals surface area (Å²) >= 11 is 12.0. The van der Waals surface area contributed by atoms with Gasteiger partial charge in [0, 0.05) is 20.8 Å². The third-order valence-electron chi connectivity index (χ3n) is 5.05. The molecule has 0 spiro atoms. The number of rotatable bonds is 4. The molecule has 158 valence electrons. The number of aromatic nitrogens is 2. The first kappa shape index (κ1) is 15.1. The largest absolute Gasteiger partial charge is 0.416 e. The van der Waals surface area contributed by atoms with Gasteiger partial charge in [-0.3, -0.25) is 9.48 Å². The predicted molar refractivity (Wildman–Crippen MR) is 106 cm³/mol. The Kier molecular flexibility index (Phi) is 4.47. The van der Waals surface area contributed by atoms with Crippen LogP contribution in [0.25, 0.3) is 0 Å². The van der Waals surface area contributed by atoms with Crippen molar-refractivity contribution in [3.05, 3.63) is 50.8 Å². The molecule has 2 aromatic rings. The van der Waals surface area contributed by atoms with Gasteiger partial charge >= 0.3 is 6.18 Å². The van der Waals surface area contributed by atoms with Gasteiger partial charge in [-0.05, 0) is 63.5 Å². The molecule has 0 atom stereocenters. The fraction of sp³-hybridized carbons (Fsp3) is 0.500. The van der Waals surface area contributed by atoms with E-state index in [1.807, 2.05) is 0 Å². The highest BCUT2D eigenvalue weighted by atomic mass is 35.5. The summed E-state index contributed by atoms with van der Waals surface area (Å²) in [6.07, 6.45) is -2.56. The van der Waals surface area contributed by atoms with Crippen LogP contribution in [-0.2, 0) is 12.7 Å². The first-order valence-corrected chi connectivity index (χ1v) is 9.69. The summed E-state index contributed by atoms with van der Waals surface area (Å²) in [6, 6.07) is 2.23. The van der Waals surface area contributed by atoms with Crippen LogP contribution in [0, 0.1) is 19.6 Å². The molecule has 4 nitrogen and oxygen atoms in total. The van der Waals surface area contributed by atoms with E-state index in [1.165, 1.54) is 0 Å². The lowest BCUT2D eigenvalue weighted by Crippen LogP contribution is -2.38. The average molecular weight is 454 g/mol. The number of carbonyl (C=O) groups is 1. The van der Waals surface area contributed by atoms with E-state index in [0.717, 1.165) is 16.8 Å². The highest BCUT2D eigenvalue weighted by Gasteiger charge is 2.32. The molecule has 1 N–H and O–H groups in total. The van der Waals surface area contributed by atoms with Crippen molar-refractivity contribution in [2.45, 2.75) is 58.1 Å². The molecular weight excluding hydrogens is 426 g/mol. The normalized spacial score (nSPS) is 23.9. The van der Waals surface area contributed by atoms with E-state index in [2.05, 4.69) is 10.4 Å². The molecule has 0 radical (unpaired) electrons.